The largest absolute Gasteiger partial charge is 0.484 e. The molecule has 0 N–H and O–H groups in total. The molecule has 2 aromatic rings. The van der Waals surface area contributed by atoms with Crippen molar-refractivity contribution in [3.8, 4) is 5.75 Å². The first-order valence-electron chi connectivity index (χ1n) is 8.99. The van der Waals surface area contributed by atoms with E-state index in [1.807, 2.05) is 36.1 Å². The summed E-state index contributed by atoms with van der Waals surface area (Å²) >= 11 is 0. The summed E-state index contributed by atoms with van der Waals surface area (Å²) in [5.41, 5.74) is 1.17. The highest BCUT2D eigenvalue weighted by atomic mass is 16.5. The maximum atomic E-state index is 12.3. The van der Waals surface area contributed by atoms with Crippen LogP contribution in [0.3, 0.4) is 0 Å². The number of amides is 1. The van der Waals surface area contributed by atoms with Crippen molar-refractivity contribution < 1.29 is 13.9 Å². The number of benzene rings is 1. The molecule has 0 atom stereocenters. The molecule has 0 spiro atoms. The summed E-state index contributed by atoms with van der Waals surface area (Å²) < 4.78 is 11.4. The third kappa shape index (κ3) is 3.83. The smallest absolute Gasteiger partial charge is 0.260 e. The van der Waals surface area contributed by atoms with Gasteiger partial charge in [-0.15, -0.1) is 10.2 Å². The fraction of sp³-hybridized carbons (Fsp3) is 0.526. The normalized spacial score (nSPS) is 18.4. The molecule has 1 aliphatic carbocycles. The van der Waals surface area contributed by atoms with Gasteiger partial charge in [-0.2, -0.15) is 0 Å². The van der Waals surface area contributed by atoms with Gasteiger partial charge in [0.05, 0.1) is 0 Å². The highest BCUT2D eigenvalue weighted by Crippen LogP contribution is 2.40. The first-order valence-corrected chi connectivity index (χ1v) is 8.99. The molecule has 1 aromatic carbocycles. The summed E-state index contributed by atoms with van der Waals surface area (Å²) in [4.78, 5) is 14.2. The molecular weight excluding hydrogens is 318 g/mol. The molecule has 1 saturated carbocycles. The van der Waals surface area contributed by atoms with Crippen LogP contribution in [-0.2, 0) is 4.79 Å². The van der Waals surface area contributed by atoms with Crippen molar-refractivity contribution in [2.45, 2.75) is 44.4 Å². The molecule has 25 heavy (non-hydrogen) atoms. The van der Waals surface area contributed by atoms with Crippen LogP contribution in [0.15, 0.2) is 28.7 Å². The number of ether oxygens (including phenoxy) is 1. The summed E-state index contributed by atoms with van der Waals surface area (Å²) in [5, 5.41) is 8.37. The second-order valence-electron chi connectivity index (χ2n) is 7.01. The first kappa shape index (κ1) is 16.1. The number of nitrogens with zero attached hydrogens (tertiary/aromatic N) is 3. The molecule has 1 amide bonds. The predicted octanol–water partition coefficient (Wildman–Crippen LogP) is 3.04. The van der Waals surface area contributed by atoms with E-state index in [1.54, 1.807) is 0 Å². The number of aryl methyl sites for hydroxylation is 1. The molecule has 0 unspecified atom stereocenters. The van der Waals surface area contributed by atoms with Crippen molar-refractivity contribution in [1.29, 1.82) is 0 Å². The van der Waals surface area contributed by atoms with Gasteiger partial charge in [0, 0.05) is 24.9 Å². The van der Waals surface area contributed by atoms with Crippen LogP contribution in [0.5, 0.6) is 5.75 Å². The van der Waals surface area contributed by atoms with Crippen molar-refractivity contribution in [2.75, 3.05) is 19.7 Å². The van der Waals surface area contributed by atoms with E-state index in [2.05, 4.69) is 10.2 Å². The highest BCUT2D eigenvalue weighted by molar-refractivity contribution is 5.77. The lowest BCUT2D eigenvalue weighted by atomic mass is 9.97. The van der Waals surface area contributed by atoms with Crippen LogP contribution < -0.4 is 4.74 Å². The second-order valence-corrected chi connectivity index (χ2v) is 7.01. The average molecular weight is 341 g/mol. The van der Waals surface area contributed by atoms with Gasteiger partial charge in [-0.05, 0) is 44.7 Å². The van der Waals surface area contributed by atoms with Crippen LogP contribution in [0, 0.1) is 6.92 Å². The molecule has 6 nitrogen and oxygen atoms in total. The van der Waals surface area contributed by atoms with E-state index in [1.165, 1.54) is 5.56 Å². The SMILES string of the molecule is Cc1ccc(OCC(=O)N2CCC(c3nnc(C4CC4)o3)CC2)cc1. The summed E-state index contributed by atoms with van der Waals surface area (Å²) in [7, 11) is 0. The number of hydrogen-bond donors (Lipinski definition) is 0. The molecule has 1 saturated heterocycles. The van der Waals surface area contributed by atoms with Gasteiger partial charge in [0.25, 0.3) is 5.91 Å². The molecule has 0 bridgehead atoms. The van der Waals surface area contributed by atoms with Crippen LogP contribution in [0.4, 0.5) is 0 Å². The monoisotopic (exact) mass is 341 g/mol. The highest BCUT2D eigenvalue weighted by Gasteiger charge is 2.32. The van der Waals surface area contributed by atoms with E-state index in [4.69, 9.17) is 9.15 Å². The summed E-state index contributed by atoms with van der Waals surface area (Å²) in [5.74, 6) is 3.05. The molecule has 1 aliphatic heterocycles. The molecule has 2 fully saturated rings. The minimum absolute atomic E-state index is 0.0308. The number of piperidine rings is 1. The van der Waals surface area contributed by atoms with Gasteiger partial charge in [-0.25, -0.2) is 0 Å². The number of carbonyl (C=O) groups is 1. The molecule has 1 aromatic heterocycles. The minimum Gasteiger partial charge on any atom is -0.484 e. The topological polar surface area (TPSA) is 68.5 Å². The van der Waals surface area contributed by atoms with Gasteiger partial charge in [0.15, 0.2) is 6.61 Å². The van der Waals surface area contributed by atoms with E-state index < -0.39 is 0 Å². The molecule has 2 heterocycles. The Labute approximate surface area is 147 Å². The van der Waals surface area contributed by atoms with Crippen LogP contribution in [0.2, 0.25) is 0 Å². The Bertz CT molecular complexity index is 729. The fourth-order valence-electron chi connectivity index (χ4n) is 3.15. The van der Waals surface area contributed by atoms with Crippen molar-refractivity contribution in [3.63, 3.8) is 0 Å². The lowest BCUT2D eigenvalue weighted by molar-refractivity contribution is -0.134. The van der Waals surface area contributed by atoms with Crippen molar-refractivity contribution in [1.82, 2.24) is 15.1 Å². The molecule has 6 heteroatoms. The standard InChI is InChI=1S/C19H23N3O3/c1-13-2-6-16(7-3-13)24-12-17(23)22-10-8-15(9-11-22)19-21-20-18(25-19)14-4-5-14/h2-3,6-7,14-15H,4-5,8-12H2,1H3. The fourth-order valence-corrected chi connectivity index (χ4v) is 3.15. The summed E-state index contributed by atoms with van der Waals surface area (Å²) in [6.07, 6.45) is 4.05. The van der Waals surface area contributed by atoms with E-state index in [-0.39, 0.29) is 18.4 Å². The van der Waals surface area contributed by atoms with Crippen molar-refractivity contribution in [2.24, 2.45) is 0 Å². The molecule has 2 aliphatic rings. The third-order valence-corrected chi connectivity index (χ3v) is 4.96. The van der Waals surface area contributed by atoms with Gasteiger partial charge in [0.1, 0.15) is 5.75 Å². The van der Waals surface area contributed by atoms with Crippen molar-refractivity contribution in [3.05, 3.63) is 41.6 Å². The molecule has 0 radical (unpaired) electrons. The summed E-state index contributed by atoms with van der Waals surface area (Å²) in [6, 6.07) is 7.74. The van der Waals surface area contributed by atoms with E-state index in [0.29, 0.717) is 19.0 Å². The predicted molar refractivity (Wildman–Crippen MR) is 91.5 cm³/mol. The molecule has 4 rings (SSSR count). The maximum Gasteiger partial charge on any atom is 0.260 e. The maximum absolute atomic E-state index is 12.3. The van der Waals surface area contributed by atoms with Gasteiger partial charge in [0.2, 0.25) is 11.8 Å². The molecular formula is C19H23N3O3. The minimum atomic E-state index is 0.0308. The van der Waals surface area contributed by atoms with Crippen LogP contribution in [0.1, 0.15) is 54.9 Å². The Morgan fingerprint density at radius 1 is 1.08 bits per heavy atom. The molecule has 132 valence electrons. The Morgan fingerprint density at radius 2 is 1.68 bits per heavy atom. The van der Waals surface area contributed by atoms with Crippen LogP contribution in [-0.4, -0.2) is 40.7 Å². The van der Waals surface area contributed by atoms with E-state index in [0.717, 1.165) is 43.2 Å². The zero-order valence-corrected chi connectivity index (χ0v) is 14.5. The number of hydrogen-bond acceptors (Lipinski definition) is 5. The summed E-state index contributed by atoms with van der Waals surface area (Å²) in [6.45, 7) is 3.53. The van der Waals surface area contributed by atoms with Crippen molar-refractivity contribution >= 4 is 5.91 Å². The second kappa shape index (κ2) is 6.86. The Kier molecular flexibility index (Phi) is 4.42. The van der Waals surface area contributed by atoms with Crippen LogP contribution >= 0.6 is 0 Å². The number of carbonyl (C=O) groups excluding carboxylic acids is 1. The average Bonchev–Trinajstić information content (AvgIpc) is 3.38. The number of aromatic nitrogens is 2. The van der Waals surface area contributed by atoms with Gasteiger partial charge < -0.3 is 14.1 Å². The van der Waals surface area contributed by atoms with Gasteiger partial charge in [-0.1, -0.05) is 17.7 Å². The van der Waals surface area contributed by atoms with E-state index in [9.17, 15) is 4.79 Å². The Balaban J connectivity index is 1.25. The van der Waals surface area contributed by atoms with Crippen LogP contribution in [0.25, 0.3) is 0 Å². The Morgan fingerprint density at radius 3 is 2.28 bits per heavy atom. The number of rotatable bonds is 5. The van der Waals surface area contributed by atoms with Gasteiger partial charge >= 0.3 is 0 Å². The quantitative estimate of drug-likeness (QED) is 0.836. The first-order chi connectivity index (χ1) is 12.2. The zero-order chi connectivity index (χ0) is 17.2. The number of likely N-dealkylation sites (tertiary alicyclic amines) is 1. The van der Waals surface area contributed by atoms with E-state index >= 15 is 0 Å². The third-order valence-electron chi connectivity index (χ3n) is 4.96. The Hall–Kier alpha value is -2.37. The van der Waals surface area contributed by atoms with Gasteiger partial charge in [-0.3, -0.25) is 4.79 Å². The lowest BCUT2D eigenvalue weighted by Crippen LogP contribution is -2.40. The lowest BCUT2D eigenvalue weighted by Gasteiger charge is -2.30. The zero-order valence-electron chi connectivity index (χ0n) is 14.5.